The number of nitrogens with one attached hydrogen (secondary N) is 2. The molecular weight excluding hydrogens is 576 g/mol. The van der Waals surface area contributed by atoms with Gasteiger partial charge in [0.25, 0.3) is 5.91 Å². The van der Waals surface area contributed by atoms with Crippen LogP contribution in [0.2, 0.25) is 0 Å². The van der Waals surface area contributed by atoms with Crippen LogP contribution in [0.5, 0.6) is 5.75 Å². The van der Waals surface area contributed by atoms with Gasteiger partial charge < -0.3 is 25.2 Å². The Bertz CT molecular complexity index is 1600. The number of fused-ring (bicyclic) bond motifs is 1. The third-order valence-electron chi connectivity index (χ3n) is 8.03. The highest BCUT2D eigenvalue weighted by Gasteiger charge is 2.50. The Morgan fingerprint density at radius 3 is 2.64 bits per heavy atom. The molecule has 11 heteroatoms. The SMILES string of the molecule is CC(=O)Nc1cccc(OCC#Cc2cnc(N3CCC4(CC3)Cc3ccccc3C4N[S+]([O-])C(C)(C)C)c(C(N)=O)n2)c1. The molecule has 2 aromatic carbocycles. The minimum atomic E-state index is -1.22. The summed E-state index contributed by atoms with van der Waals surface area (Å²) in [4.78, 5) is 34.8. The smallest absolute Gasteiger partial charge is 0.271 e. The van der Waals surface area contributed by atoms with Gasteiger partial charge in [0.1, 0.15) is 22.8 Å². The molecule has 2 unspecified atom stereocenters. The van der Waals surface area contributed by atoms with Gasteiger partial charge in [-0.1, -0.05) is 36.3 Å². The van der Waals surface area contributed by atoms with E-state index < -0.39 is 17.3 Å². The summed E-state index contributed by atoms with van der Waals surface area (Å²) in [5, 5.41) is 2.71. The molecule has 44 heavy (non-hydrogen) atoms. The highest BCUT2D eigenvalue weighted by molar-refractivity contribution is 7.90. The topological polar surface area (TPSA) is 146 Å². The lowest BCUT2D eigenvalue weighted by atomic mass is 9.73. The Balaban J connectivity index is 1.27. The second-order valence-electron chi connectivity index (χ2n) is 12.2. The summed E-state index contributed by atoms with van der Waals surface area (Å²) in [6.45, 7) is 8.75. The molecule has 10 nitrogen and oxygen atoms in total. The average Bonchev–Trinajstić information content (AvgIpc) is 3.27. The standard InChI is InChI=1S/C33H38N6O4S/c1-22(40)36-24-10-7-12-26(19-24)43-18-8-11-25-21-35-31(28(37-25)30(34)41)39-16-14-33(15-17-39)20-23-9-5-6-13-27(23)29(33)38-44(42)32(2,3)4/h5-7,9-10,12-13,19,21,29,38H,14-18,20H2,1-4H3,(H2,34,41)(H,36,40). The fourth-order valence-corrected chi connectivity index (χ4v) is 6.79. The lowest BCUT2D eigenvalue weighted by Gasteiger charge is -2.44. The van der Waals surface area contributed by atoms with Crippen LogP contribution in [0.3, 0.4) is 0 Å². The molecule has 0 saturated carbocycles. The fraction of sp³-hybridized carbons (Fsp3) is 0.394. The molecule has 2 heterocycles. The molecule has 1 spiro atoms. The average molecular weight is 615 g/mol. The summed E-state index contributed by atoms with van der Waals surface area (Å²) in [5.41, 5.74) is 9.16. The zero-order valence-corrected chi connectivity index (χ0v) is 26.3. The number of carbonyl (C=O) groups excluding carboxylic acids is 2. The maximum Gasteiger partial charge on any atom is 0.271 e. The number of ether oxygens (including phenoxy) is 1. The van der Waals surface area contributed by atoms with Crippen molar-refractivity contribution in [2.24, 2.45) is 11.1 Å². The molecule has 2 aliphatic rings. The maximum atomic E-state index is 13.2. The van der Waals surface area contributed by atoms with Crippen LogP contribution in [-0.4, -0.2) is 50.8 Å². The van der Waals surface area contributed by atoms with E-state index in [1.807, 2.05) is 26.8 Å². The van der Waals surface area contributed by atoms with E-state index in [0.717, 1.165) is 19.3 Å². The monoisotopic (exact) mass is 614 g/mol. The molecule has 230 valence electrons. The molecule has 1 aliphatic carbocycles. The molecule has 0 bridgehead atoms. The first kappa shape index (κ1) is 31.3. The van der Waals surface area contributed by atoms with Gasteiger partial charge in [0, 0.05) is 48.5 Å². The second-order valence-corrected chi connectivity index (χ2v) is 14.2. The molecule has 1 aromatic heterocycles. The number of nitrogens with two attached hydrogens (primary N) is 1. The van der Waals surface area contributed by atoms with Crippen LogP contribution in [0.15, 0.2) is 54.7 Å². The van der Waals surface area contributed by atoms with Gasteiger partial charge in [0.15, 0.2) is 11.5 Å². The molecule has 1 fully saturated rings. The van der Waals surface area contributed by atoms with E-state index >= 15 is 0 Å². The zero-order valence-electron chi connectivity index (χ0n) is 25.5. The van der Waals surface area contributed by atoms with Gasteiger partial charge in [-0.2, -0.15) is 0 Å². The van der Waals surface area contributed by atoms with Crippen LogP contribution in [0.25, 0.3) is 0 Å². The van der Waals surface area contributed by atoms with E-state index in [0.29, 0.717) is 36.0 Å². The number of primary amides is 1. The Morgan fingerprint density at radius 1 is 1.18 bits per heavy atom. The van der Waals surface area contributed by atoms with Gasteiger partial charge >= 0.3 is 0 Å². The minimum absolute atomic E-state index is 0.0321. The van der Waals surface area contributed by atoms with Crippen molar-refractivity contribution in [3.05, 3.63) is 77.2 Å². The molecule has 3 aromatic rings. The highest BCUT2D eigenvalue weighted by Crippen LogP contribution is 2.53. The Morgan fingerprint density at radius 2 is 1.93 bits per heavy atom. The summed E-state index contributed by atoms with van der Waals surface area (Å²) < 4.78 is 22.0. The van der Waals surface area contributed by atoms with Crippen molar-refractivity contribution in [2.45, 2.75) is 57.7 Å². The van der Waals surface area contributed by atoms with E-state index in [-0.39, 0.29) is 34.4 Å². The summed E-state index contributed by atoms with van der Waals surface area (Å²) in [6, 6.07) is 15.4. The van der Waals surface area contributed by atoms with Crippen molar-refractivity contribution in [3.63, 3.8) is 0 Å². The quantitative estimate of drug-likeness (QED) is 0.268. The number of piperidine rings is 1. The number of benzene rings is 2. The van der Waals surface area contributed by atoms with Crippen molar-refractivity contribution in [3.8, 4) is 17.6 Å². The highest BCUT2D eigenvalue weighted by atomic mass is 32.2. The normalized spacial score (nSPS) is 17.8. The molecule has 1 saturated heterocycles. The number of aromatic nitrogens is 2. The summed E-state index contributed by atoms with van der Waals surface area (Å²) in [7, 11) is 0. The van der Waals surface area contributed by atoms with E-state index in [1.165, 1.54) is 18.1 Å². The lowest BCUT2D eigenvalue weighted by molar-refractivity contribution is -0.114. The number of anilines is 2. The first-order chi connectivity index (χ1) is 20.9. The number of amides is 2. The van der Waals surface area contributed by atoms with E-state index in [4.69, 9.17) is 10.5 Å². The van der Waals surface area contributed by atoms with Crippen LogP contribution in [0, 0.1) is 17.3 Å². The maximum absolute atomic E-state index is 13.2. The minimum Gasteiger partial charge on any atom is -0.598 e. The van der Waals surface area contributed by atoms with Crippen LogP contribution in [0.4, 0.5) is 11.5 Å². The molecule has 2 amide bonds. The Labute approximate surface area is 261 Å². The van der Waals surface area contributed by atoms with Crippen molar-refractivity contribution >= 4 is 34.7 Å². The zero-order chi connectivity index (χ0) is 31.5. The first-order valence-corrected chi connectivity index (χ1v) is 15.8. The van der Waals surface area contributed by atoms with Crippen LogP contribution in [0.1, 0.15) is 73.9 Å². The largest absolute Gasteiger partial charge is 0.598 e. The summed E-state index contributed by atoms with van der Waals surface area (Å²) in [6.07, 6.45) is 4.09. The van der Waals surface area contributed by atoms with Crippen molar-refractivity contribution in [2.75, 3.05) is 29.9 Å². The molecule has 0 radical (unpaired) electrons. The summed E-state index contributed by atoms with van der Waals surface area (Å²) in [5.74, 6) is 5.94. The van der Waals surface area contributed by atoms with Gasteiger partial charge in [-0.05, 0) is 69.2 Å². The summed E-state index contributed by atoms with van der Waals surface area (Å²) >= 11 is -1.22. The first-order valence-electron chi connectivity index (χ1n) is 14.6. The number of nitrogens with zero attached hydrogens (tertiary/aromatic N) is 3. The van der Waals surface area contributed by atoms with Gasteiger partial charge in [0.05, 0.1) is 12.2 Å². The van der Waals surface area contributed by atoms with Crippen LogP contribution < -0.4 is 25.4 Å². The second kappa shape index (κ2) is 12.9. The molecule has 5 rings (SSSR count). The molecular formula is C33H38N6O4S. The number of carbonyl (C=O) groups is 2. The molecule has 4 N–H and O–H groups in total. The van der Waals surface area contributed by atoms with E-state index in [2.05, 4.69) is 54.9 Å². The number of hydrogen-bond donors (Lipinski definition) is 3. The third-order valence-corrected chi connectivity index (χ3v) is 9.59. The number of rotatable bonds is 7. The van der Waals surface area contributed by atoms with Crippen LogP contribution in [-0.2, 0) is 22.6 Å². The predicted octanol–water partition coefficient (Wildman–Crippen LogP) is 3.90. The van der Waals surface area contributed by atoms with Gasteiger partial charge in [-0.25, -0.2) is 9.97 Å². The molecule has 2 atom stereocenters. The number of hydrogen-bond acceptors (Lipinski definition) is 8. The van der Waals surface area contributed by atoms with Gasteiger partial charge in [-0.15, -0.1) is 4.72 Å². The van der Waals surface area contributed by atoms with E-state index in [9.17, 15) is 14.1 Å². The van der Waals surface area contributed by atoms with Crippen molar-refractivity contribution in [1.29, 1.82) is 0 Å². The predicted molar refractivity (Wildman–Crippen MR) is 171 cm³/mol. The van der Waals surface area contributed by atoms with Crippen LogP contribution >= 0.6 is 0 Å². The Hall–Kier alpha value is -4.11. The lowest BCUT2D eigenvalue weighted by Crippen LogP contribution is -2.50. The Kier molecular flexibility index (Phi) is 9.15. The van der Waals surface area contributed by atoms with Crippen molar-refractivity contribution < 1.29 is 18.9 Å². The fourth-order valence-electron chi connectivity index (χ4n) is 5.84. The molecule has 1 aliphatic heterocycles. The van der Waals surface area contributed by atoms with Gasteiger partial charge in [-0.3, -0.25) is 9.59 Å². The van der Waals surface area contributed by atoms with Crippen molar-refractivity contribution in [1.82, 2.24) is 14.7 Å². The van der Waals surface area contributed by atoms with E-state index in [1.54, 1.807) is 30.5 Å². The third kappa shape index (κ3) is 6.99. The van der Waals surface area contributed by atoms with Gasteiger partial charge in [0.2, 0.25) is 5.91 Å².